The van der Waals surface area contributed by atoms with Crippen LogP contribution in [-0.2, 0) is 11.3 Å². The Morgan fingerprint density at radius 3 is 2.65 bits per heavy atom. The largest absolute Gasteiger partial charge is 0.493 e. The molecule has 0 fully saturated rings. The van der Waals surface area contributed by atoms with Gasteiger partial charge in [0, 0.05) is 18.2 Å². The van der Waals surface area contributed by atoms with Gasteiger partial charge in [-0.1, -0.05) is 5.16 Å². The van der Waals surface area contributed by atoms with Gasteiger partial charge in [-0.05, 0) is 31.7 Å². The predicted molar refractivity (Wildman–Crippen MR) is 82.6 cm³/mol. The maximum absolute atomic E-state index is 11.9. The lowest BCUT2D eigenvalue weighted by Gasteiger charge is -2.26. The fourth-order valence-corrected chi connectivity index (χ4v) is 2.57. The van der Waals surface area contributed by atoms with E-state index >= 15 is 0 Å². The van der Waals surface area contributed by atoms with Crippen molar-refractivity contribution < 1.29 is 23.9 Å². The molecule has 0 amide bonds. The third kappa shape index (κ3) is 3.62. The molecular weight excluding hydrogens is 300 g/mol. The molecule has 7 nitrogen and oxygen atoms in total. The first-order valence-corrected chi connectivity index (χ1v) is 7.02. The van der Waals surface area contributed by atoms with E-state index in [1.54, 1.807) is 30.1 Å². The maximum atomic E-state index is 11.9. The SMILES string of the molecule is COc1cc(C)cc([C@@H](C(=O)O)N(C)Cc2ccon2)c1OC. The number of carboxylic acids is 1. The number of aromatic nitrogens is 1. The van der Waals surface area contributed by atoms with Crippen molar-refractivity contribution in [1.82, 2.24) is 10.1 Å². The smallest absolute Gasteiger partial charge is 0.325 e. The molecule has 1 aromatic heterocycles. The lowest BCUT2D eigenvalue weighted by atomic mass is 10.0. The van der Waals surface area contributed by atoms with Crippen molar-refractivity contribution in [3.05, 3.63) is 41.3 Å². The Hall–Kier alpha value is -2.54. The van der Waals surface area contributed by atoms with E-state index in [1.807, 2.05) is 6.92 Å². The summed E-state index contributed by atoms with van der Waals surface area (Å²) in [6.07, 6.45) is 1.45. The molecule has 0 aliphatic carbocycles. The highest BCUT2D eigenvalue weighted by Gasteiger charge is 2.30. The molecule has 0 aliphatic rings. The number of carbonyl (C=O) groups is 1. The number of aryl methyl sites for hydroxylation is 1. The summed E-state index contributed by atoms with van der Waals surface area (Å²) < 4.78 is 15.5. The summed E-state index contributed by atoms with van der Waals surface area (Å²) in [5.41, 5.74) is 2.07. The number of hydrogen-bond donors (Lipinski definition) is 1. The summed E-state index contributed by atoms with van der Waals surface area (Å²) in [6, 6.07) is 4.39. The fourth-order valence-electron chi connectivity index (χ4n) is 2.57. The van der Waals surface area contributed by atoms with Crippen molar-refractivity contribution in [2.24, 2.45) is 0 Å². The highest BCUT2D eigenvalue weighted by Crippen LogP contribution is 2.38. The minimum atomic E-state index is -0.984. The van der Waals surface area contributed by atoms with Gasteiger partial charge in [0.15, 0.2) is 11.5 Å². The molecule has 0 spiro atoms. The normalized spacial score (nSPS) is 12.2. The van der Waals surface area contributed by atoms with Crippen LogP contribution in [0, 0.1) is 6.92 Å². The first-order valence-electron chi connectivity index (χ1n) is 7.02. The van der Waals surface area contributed by atoms with E-state index in [1.165, 1.54) is 20.5 Å². The molecule has 2 aromatic rings. The monoisotopic (exact) mass is 320 g/mol. The maximum Gasteiger partial charge on any atom is 0.325 e. The van der Waals surface area contributed by atoms with E-state index in [0.717, 1.165) is 5.56 Å². The van der Waals surface area contributed by atoms with Gasteiger partial charge in [-0.3, -0.25) is 9.69 Å². The number of carboxylic acid groups (broad SMARTS) is 1. The summed E-state index contributed by atoms with van der Waals surface area (Å²) in [6.45, 7) is 2.20. The molecule has 0 radical (unpaired) electrons. The lowest BCUT2D eigenvalue weighted by molar-refractivity contribution is -0.143. The highest BCUT2D eigenvalue weighted by atomic mass is 16.5. The van der Waals surface area contributed by atoms with E-state index in [0.29, 0.717) is 29.3 Å². The summed E-state index contributed by atoms with van der Waals surface area (Å²) in [5.74, 6) is -0.0666. The van der Waals surface area contributed by atoms with Crippen LogP contribution in [0.15, 0.2) is 29.0 Å². The van der Waals surface area contributed by atoms with Gasteiger partial charge < -0.3 is 19.1 Å². The Kier molecular flexibility index (Phi) is 5.23. The lowest BCUT2D eigenvalue weighted by Crippen LogP contribution is -2.31. The zero-order chi connectivity index (χ0) is 17.0. The van der Waals surface area contributed by atoms with Crippen LogP contribution in [0.5, 0.6) is 11.5 Å². The van der Waals surface area contributed by atoms with Gasteiger partial charge in [-0.25, -0.2) is 0 Å². The van der Waals surface area contributed by atoms with Crippen molar-refractivity contribution >= 4 is 5.97 Å². The van der Waals surface area contributed by atoms with E-state index in [9.17, 15) is 9.90 Å². The Morgan fingerprint density at radius 1 is 1.39 bits per heavy atom. The standard InChI is InChI=1S/C16H20N2O5/c1-10-7-12(15(22-4)13(8-10)21-3)14(16(19)20)18(2)9-11-5-6-23-17-11/h5-8,14H,9H2,1-4H3,(H,19,20)/t14-/m0/s1. The summed E-state index contributed by atoms with van der Waals surface area (Å²) >= 11 is 0. The van der Waals surface area contributed by atoms with Crippen molar-refractivity contribution in [2.75, 3.05) is 21.3 Å². The van der Waals surface area contributed by atoms with Crippen molar-refractivity contribution in [2.45, 2.75) is 19.5 Å². The molecule has 1 N–H and O–H groups in total. The summed E-state index contributed by atoms with van der Waals surface area (Å²) in [5, 5.41) is 13.5. The second-order valence-corrected chi connectivity index (χ2v) is 5.24. The number of benzene rings is 1. The Balaban J connectivity index is 2.45. The molecule has 2 rings (SSSR count). The number of nitrogens with zero attached hydrogens (tertiary/aromatic N) is 2. The molecule has 23 heavy (non-hydrogen) atoms. The molecule has 1 heterocycles. The van der Waals surface area contributed by atoms with E-state index in [2.05, 4.69) is 5.16 Å². The van der Waals surface area contributed by atoms with Crippen LogP contribution in [0.3, 0.4) is 0 Å². The second kappa shape index (κ2) is 7.15. The molecular formula is C16H20N2O5. The molecule has 0 bridgehead atoms. The zero-order valence-corrected chi connectivity index (χ0v) is 13.6. The predicted octanol–water partition coefficient (Wildman–Crippen LogP) is 2.26. The van der Waals surface area contributed by atoms with Crippen LogP contribution < -0.4 is 9.47 Å². The van der Waals surface area contributed by atoms with Gasteiger partial charge >= 0.3 is 5.97 Å². The minimum absolute atomic E-state index is 0.326. The van der Waals surface area contributed by atoms with Gasteiger partial charge in [0.2, 0.25) is 0 Å². The number of methoxy groups -OCH3 is 2. The quantitative estimate of drug-likeness (QED) is 0.837. The average Bonchev–Trinajstić information content (AvgIpc) is 2.99. The molecule has 7 heteroatoms. The molecule has 0 unspecified atom stereocenters. The second-order valence-electron chi connectivity index (χ2n) is 5.24. The molecule has 1 atom stereocenters. The third-order valence-electron chi connectivity index (χ3n) is 3.52. The number of ether oxygens (including phenoxy) is 2. The highest BCUT2D eigenvalue weighted by molar-refractivity contribution is 5.77. The fraction of sp³-hybridized carbons (Fsp3) is 0.375. The molecule has 0 aliphatic heterocycles. The Bertz CT molecular complexity index is 669. The van der Waals surface area contributed by atoms with Gasteiger partial charge in [-0.15, -0.1) is 0 Å². The molecule has 1 aromatic carbocycles. The van der Waals surface area contributed by atoms with Gasteiger partial charge in [-0.2, -0.15) is 0 Å². The summed E-state index contributed by atoms with van der Waals surface area (Å²) in [7, 11) is 4.73. The van der Waals surface area contributed by atoms with E-state index in [-0.39, 0.29) is 0 Å². The van der Waals surface area contributed by atoms with Crippen LogP contribution in [-0.4, -0.2) is 42.4 Å². The van der Waals surface area contributed by atoms with Crippen LogP contribution in [0.1, 0.15) is 22.9 Å². The summed E-state index contributed by atoms with van der Waals surface area (Å²) in [4.78, 5) is 13.5. The van der Waals surface area contributed by atoms with Crippen molar-refractivity contribution in [3.63, 3.8) is 0 Å². The zero-order valence-electron chi connectivity index (χ0n) is 13.6. The van der Waals surface area contributed by atoms with Crippen LogP contribution in [0.4, 0.5) is 0 Å². The van der Waals surface area contributed by atoms with Crippen molar-refractivity contribution in [1.29, 1.82) is 0 Å². The van der Waals surface area contributed by atoms with Gasteiger partial charge in [0.1, 0.15) is 12.3 Å². The molecule has 124 valence electrons. The first-order chi connectivity index (χ1) is 11.0. The van der Waals surface area contributed by atoms with Crippen LogP contribution in [0.25, 0.3) is 0 Å². The number of aliphatic carboxylic acids is 1. The van der Waals surface area contributed by atoms with E-state index in [4.69, 9.17) is 14.0 Å². The first kappa shape index (κ1) is 16.8. The minimum Gasteiger partial charge on any atom is -0.493 e. The number of hydrogen-bond acceptors (Lipinski definition) is 6. The van der Waals surface area contributed by atoms with Crippen LogP contribution in [0.2, 0.25) is 0 Å². The number of rotatable bonds is 7. The molecule has 0 saturated heterocycles. The van der Waals surface area contributed by atoms with Gasteiger partial charge in [0.05, 0.1) is 19.9 Å². The third-order valence-corrected chi connectivity index (χ3v) is 3.52. The topological polar surface area (TPSA) is 85.0 Å². The van der Waals surface area contributed by atoms with Crippen molar-refractivity contribution in [3.8, 4) is 11.5 Å². The van der Waals surface area contributed by atoms with Gasteiger partial charge in [0.25, 0.3) is 0 Å². The van der Waals surface area contributed by atoms with Crippen LogP contribution >= 0.6 is 0 Å². The Labute approximate surface area is 134 Å². The number of likely N-dealkylation sites (N-methyl/N-ethyl adjacent to an activating group) is 1. The molecule has 0 saturated carbocycles. The Morgan fingerprint density at radius 2 is 2.13 bits per heavy atom. The average molecular weight is 320 g/mol. The van der Waals surface area contributed by atoms with E-state index < -0.39 is 12.0 Å².